The van der Waals surface area contributed by atoms with Crippen molar-refractivity contribution >= 4 is 40.4 Å². The first-order valence-electron chi connectivity index (χ1n) is 8.05. The topological polar surface area (TPSA) is 52.6 Å². The zero-order chi connectivity index (χ0) is 17.4. The van der Waals surface area contributed by atoms with E-state index in [1.165, 1.54) is 0 Å². The lowest BCUT2D eigenvalue weighted by Gasteiger charge is -2.14. The van der Waals surface area contributed by atoms with Crippen LogP contribution in [0.3, 0.4) is 0 Å². The standard InChI is InChI=1S/C18H22O4Si2/c1-23(15-9-5-3-6-10-15)21-17(19)13-14-18(20)22-24(2)16-11-7-4-8-12-16/h3-12,23-24H,13-14H2,1-2H3. The van der Waals surface area contributed by atoms with E-state index in [9.17, 15) is 9.59 Å². The summed E-state index contributed by atoms with van der Waals surface area (Å²) in [6.07, 6.45) is 0.137. The van der Waals surface area contributed by atoms with Crippen LogP contribution in [0.15, 0.2) is 60.7 Å². The van der Waals surface area contributed by atoms with Crippen LogP contribution in [0.1, 0.15) is 12.8 Å². The minimum atomic E-state index is -1.75. The highest BCUT2D eigenvalue weighted by Crippen LogP contribution is 2.01. The molecule has 0 spiro atoms. The molecule has 0 radical (unpaired) electrons. The van der Waals surface area contributed by atoms with Gasteiger partial charge in [-0.15, -0.1) is 0 Å². The first-order valence-corrected chi connectivity index (χ1v) is 12.5. The Morgan fingerprint density at radius 2 is 1.04 bits per heavy atom. The Labute approximate surface area is 145 Å². The van der Waals surface area contributed by atoms with E-state index in [-0.39, 0.29) is 24.8 Å². The molecule has 4 nitrogen and oxygen atoms in total. The van der Waals surface area contributed by atoms with Crippen LogP contribution in [0.2, 0.25) is 13.1 Å². The summed E-state index contributed by atoms with van der Waals surface area (Å²) in [6, 6.07) is 19.4. The molecule has 0 aliphatic carbocycles. The van der Waals surface area contributed by atoms with E-state index in [4.69, 9.17) is 8.85 Å². The summed E-state index contributed by atoms with van der Waals surface area (Å²) in [5, 5.41) is 2.14. The smallest absolute Gasteiger partial charge is 0.293 e. The largest absolute Gasteiger partial charge is 0.518 e. The molecule has 0 fully saturated rings. The molecular weight excluding hydrogens is 336 g/mol. The molecule has 126 valence electrons. The summed E-state index contributed by atoms with van der Waals surface area (Å²) in [4.78, 5) is 23.8. The van der Waals surface area contributed by atoms with Crippen molar-refractivity contribution in [2.45, 2.75) is 25.9 Å². The molecule has 2 rings (SSSR count). The second kappa shape index (κ2) is 9.19. The van der Waals surface area contributed by atoms with Crippen molar-refractivity contribution in [3.63, 3.8) is 0 Å². The van der Waals surface area contributed by atoms with E-state index in [1.54, 1.807) is 0 Å². The van der Waals surface area contributed by atoms with Gasteiger partial charge in [-0.25, -0.2) is 0 Å². The summed E-state index contributed by atoms with van der Waals surface area (Å²) in [5.74, 6) is -0.659. The van der Waals surface area contributed by atoms with Crippen LogP contribution >= 0.6 is 0 Å². The third kappa shape index (κ3) is 5.79. The summed E-state index contributed by atoms with van der Waals surface area (Å²) >= 11 is 0. The van der Waals surface area contributed by atoms with E-state index < -0.39 is 18.1 Å². The van der Waals surface area contributed by atoms with Gasteiger partial charge < -0.3 is 8.85 Å². The maximum Gasteiger partial charge on any atom is 0.293 e. The van der Waals surface area contributed by atoms with Crippen molar-refractivity contribution < 1.29 is 18.4 Å². The third-order valence-corrected chi connectivity index (χ3v) is 7.57. The predicted octanol–water partition coefficient (Wildman–Crippen LogP) is 1.37. The molecule has 2 aromatic rings. The highest BCUT2D eigenvalue weighted by atomic mass is 28.3. The lowest BCUT2D eigenvalue weighted by Crippen LogP contribution is -2.34. The number of benzene rings is 2. The second-order valence-corrected chi connectivity index (χ2v) is 9.96. The van der Waals surface area contributed by atoms with Crippen molar-refractivity contribution in [3.05, 3.63) is 60.7 Å². The third-order valence-electron chi connectivity index (χ3n) is 3.69. The highest BCUT2D eigenvalue weighted by molar-refractivity contribution is 6.68. The predicted molar refractivity (Wildman–Crippen MR) is 99.6 cm³/mol. The van der Waals surface area contributed by atoms with Gasteiger partial charge in [0.2, 0.25) is 0 Å². The van der Waals surface area contributed by atoms with Crippen molar-refractivity contribution in [2.75, 3.05) is 0 Å². The molecule has 2 unspecified atom stereocenters. The summed E-state index contributed by atoms with van der Waals surface area (Å²) in [6.45, 7) is 3.91. The van der Waals surface area contributed by atoms with Gasteiger partial charge in [-0.1, -0.05) is 60.7 Å². The SMILES string of the molecule is C[SiH](OC(=O)CCC(=O)O[SiH](C)c1ccccc1)c1ccccc1. The van der Waals surface area contributed by atoms with Gasteiger partial charge in [-0.3, -0.25) is 9.59 Å². The van der Waals surface area contributed by atoms with Gasteiger partial charge in [0.1, 0.15) is 0 Å². The first-order chi connectivity index (χ1) is 11.6. The average Bonchev–Trinajstić information content (AvgIpc) is 2.61. The molecule has 2 aromatic carbocycles. The van der Waals surface area contributed by atoms with E-state index in [0.29, 0.717) is 0 Å². The Balaban J connectivity index is 1.74. The molecule has 0 bridgehead atoms. The zero-order valence-corrected chi connectivity index (χ0v) is 16.3. The van der Waals surface area contributed by atoms with Crippen molar-refractivity contribution in [3.8, 4) is 0 Å². The van der Waals surface area contributed by atoms with E-state index >= 15 is 0 Å². The molecule has 0 amide bonds. The normalized spacial score (nSPS) is 12.9. The zero-order valence-electron chi connectivity index (χ0n) is 14.0. The highest BCUT2D eigenvalue weighted by Gasteiger charge is 2.17. The van der Waals surface area contributed by atoms with Crippen LogP contribution in [0.5, 0.6) is 0 Å². The monoisotopic (exact) mass is 358 g/mol. The molecule has 0 saturated heterocycles. The van der Waals surface area contributed by atoms with Crippen LogP contribution in [-0.4, -0.2) is 30.0 Å². The number of carbonyl (C=O) groups excluding carboxylic acids is 2. The fourth-order valence-corrected chi connectivity index (χ4v) is 5.13. The van der Waals surface area contributed by atoms with Gasteiger partial charge in [-0.05, 0) is 23.5 Å². The molecule has 0 saturated carbocycles. The molecule has 2 atom stereocenters. The number of hydrogen-bond acceptors (Lipinski definition) is 4. The van der Waals surface area contributed by atoms with Gasteiger partial charge in [0.15, 0.2) is 0 Å². The number of rotatable bonds is 7. The quantitative estimate of drug-likeness (QED) is 0.702. The second-order valence-electron chi connectivity index (χ2n) is 5.59. The lowest BCUT2D eigenvalue weighted by atomic mass is 10.3. The Morgan fingerprint density at radius 1 is 0.708 bits per heavy atom. The molecule has 0 heterocycles. The molecule has 6 heteroatoms. The van der Waals surface area contributed by atoms with Gasteiger partial charge >= 0.3 is 0 Å². The van der Waals surface area contributed by atoms with Gasteiger partial charge in [0, 0.05) is 0 Å². The number of carbonyl (C=O) groups is 2. The van der Waals surface area contributed by atoms with Crippen molar-refractivity contribution in [1.82, 2.24) is 0 Å². The molecule has 0 N–H and O–H groups in total. The van der Waals surface area contributed by atoms with Crippen molar-refractivity contribution in [2.24, 2.45) is 0 Å². The van der Waals surface area contributed by atoms with Crippen LogP contribution in [0.4, 0.5) is 0 Å². The fourth-order valence-electron chi connectivity index (χ4n) is 2.30. The molecule has 0 aliphatic heterocycles. The Bertz CT molecular complexity index is 602. The van der Waals surface area contributed by atoms with Crippen LogP contribution in [-0.2, 0) is 18.4 Å². The molecule has 0 aromatic heterocycles. The summed E-state index contributed by atoms with van der Waals surface area (Å²) in [7, 11) is -3.50. The van der Waals surface area contributed by atoms with E-state index in [1.807, 2.05) is 73.8 Å². The van der Waals surface area contributed by atoms with Crippen LogP contribution in [0, 0.1) is 0 Å². The minimum absolute atomic E-state index is 0.0684. The Morgan fingerprint density at radius 3 is 1.38 bits per heavy atom. The maximum absolute atomic E-state index is 11.9. The van der Waals surface area contributed by atoms with Gasteiger partial charge in [0.25, 0.3) is 30.0 Å². The van der Waals surface area contributed by atoms with E-state index in [2.05, 4.69) is 0 Å². The average molecular weight is 359 g/mol. The maximum atomic E-state index is 11.9. The fraction of sp³-hybridized carbons (Fsp3) is 0.222. The summed E-state index contributed by atoms with van der Waals surface area (Å²) < 4.78 is 11.0. The van der Waals surface area contributed by atoms with Crippen molar-refractivity contribution in [1.29, 1.82) is 0 Å². The molecule has 24 heavy (non-hydrogen) atoms. The molecule has 0 aliphatic rings. The first kappa shape index (κ1) is 18.2. The number of hydrogen-bond donors (Lipinski definition) is 0. The lowest BCUT2D eigenvalue weighted by molar-refractivity contribution is -0.140. The van der Waals surface area contributed by atoms with Crippen LogP contribution in [0.25, 0.3) is 0 Å². The van der Waals surface area contributed by atoms with E-state index in [0.717, 1.165) is 10.4 Å². The van der Waals surface area contributed by atoms with Gasteiger partial charge in [-0.2, -0.15) is 0 Å². The molecular formula is C18H22O4Si2. The Kier molecular flexibility index (Phi) is 6.95. The minimum Gasteiger partial charge on any atom is -0.518 e. The van der Waals surface area contributed by atoms with Crippen LogP contribution < -0.4 is 10.4 Å². The Hall–Kier alpha value is -2.19. The van der Waals surface area contributed by atoms with Gasteiger partial charge in [0.05, 0.1) is 12.8 Å². The summed E-state index contributed by atoms with van der Waals surface area (Å²) in [5.41, 5.74) is 0.